The van der Waals surface area contributed by atoms with Gasteiger partial charge in [-0.3, -0.25) is 4.57 Å². The van der Waals surface area contributed by atoms with E-state index < -0.39 is 0 Å². The van der Waals surface area contributed by atoms with Gasteiger partial charge in [-0.15, -0.1) is 0 Å². The lowest BCUT2D eigenvalue weighted by Gasteiger charge is -2.15. The van der Waals surface area contributed by atoms with Crippen molar-refractivity contribution in [3.05, 3.63) is 190 Å². The van der Waals surface area contributed by atoms with Gasteiger partial charge in [0.05, 0.1) is 11.0 Å². The van der Waals surface area contributed by atoms with Crippen LogP contribution in [0.3, 0.4) is 0 Å². The maximum Gasteiger partial charge on any atom is 0.114 e. The first kappa shape index (κ1) is 26.2. The fourth-order valence-electron chi connectivity index (χ4n) is 6.80. The van der Waals surface area contributed by atoms with Crippen LogP contribution in [0.5, 0.6) is 0 Å². The predicted octanol–water partition coefficient (Wildman–Crippen LogP) is 8.48. The van der Waals surface area contributed by atoms with Gasteiger partial charge < -0.3 is 0 Å². The van der Waals surface area contributed by atoms with Crippen molar-refractivity contribution in [2.45, 2.75) is 19.8 Å². The van der Waals surface area contributed by atoms with Crippen LogP contribution in [-0.4, -0.2) is 9.55 Å². The quantitative estimate of drug-likeness (QED) is 0.205. The number of aromatic nitrogens is 2. The Morgan fingerprint density at radius 1 is 0.545 bits per heavy atom. The molecule has 1 heterocycles. The Bertz CT molecular complexity index is 2240. The summed E-state index contributed by atoms with van der Waals surface area (Å²) in [7, 11) is 0. The molecule has 2 aliphatic rings. The minimum absolute atomic E-state index is 0.875. The normalized spacial score (nSPS) is 14.1. The first-order valence-electron chi connectivity index (χ1n) is 15.4. The van der Waals surface area contributed by atoms with Gasteiger partial charge in [0, 0.05) is 12.1 Å². The van der Waals surface area contributed by atoms with Crippen molar-refractivity contribution in [3.8, 4) is 16.8 Å². The van der Waals surface area contributed by atoms with Crippen molar-refractivity contribution >= 4 is 22.2 Å². The van der Waals surface area contributed by atoms with Crippen LogP contribution in [-0.2, 0) is 6.42 Å². The zero-order valence-electron chi connectivity index (χ0n) is 24.7. The van der Waals surface area contributed by atoms with E-state index in [0.29, 0.717) is 0 Å². The van der Waals surface area contributed by atoms with Gasteiger partial charge in [-0.25, -0.2) is 4.98 Å². The first-order valence-corrected chi connectivity index (χ1v) is 15.4. The zero-order valence-corrected chi connectivity index (χ0v) is 24.7. The van der Waals surface area contributed by atoms with Crippen molar-refractivity contribution in [2.24, 2.45) is 0 Å². The Balaban J connectivity index is 1.32. The lowest BCUT2D eigenvalue weighted by molar-refractivity contribution is 0.908. The molecule has 0 radical (unpaired) electrons. The summed E-state index contributed by atoms with van der Waals surface area (Å²) < 4.78 is 2.30. The summed E-state index contributed by atoms with van der Waals surface area (Å²) in [5, 5.41) is 2.55. The van der Waals surface area contributed by atoms with E-state index in [1.54, 1.807) is 0 Å². The molecule has 44 heavy (non-hydrogen) atoms. The molecule has 2 nitrogen and oxygen atoms in total. The summed E-state index contributed by atoms with van der Waals surface area (Å²) in [6.45, 7) is 2.17. The summed E-state index contributed by atoms with van der Waals surface area (Å²) in [5.74, 6) is 1.08. The van der Waals surface area contributed by atoms with Crippen LogP contribution in [0.2, 0.25) is 0 Å². The third-order valence-electron chi connectivity index (χ3n) is 8.84. The number of para-hydroxylation sites is 2. The minimum atomic E-state index is 0.875. The van der Waals surface area contributed by atoms with Gasteiger partial charge in [-0.05, 0) is 85.7 Å². The SMILES string of the molecule is CCc1nc2ccccc2n1-c1ccc(C2=c3ccccc3=C(c3ccc(-c4ccccc4)cc3)C3=CC=CC=C2C3)cc1. The Morgan fingerprint density at radius 2 is 1.07 bits per heavy atom. The van der Waals surface area contributed by atoms with Crippen LogP contribution in [0.4, 0.5) is 0 Å². The number of hydrogen-bond acceptors (Lipinski definition) is 1. The number of aryl methyl sites for hydroxylation is 1. The van der Waals surface area contributed by atoms with Gasteiger partial charge in [0.15, 0.2) is 0 Å². The van der Waals surface area contributed by atoms with Crippen molar-refractivity contribution in [2.75, 3.05) is 0 Å². The molecule has 0 N–H and O–H groups in total. The number of imidazole rings is 1. The standard InChI is InChI=1S/C42H32N2/c1-2-40-43-38-18-10-11-19-39(38)44(40)35-26-24-32(25-27-35)42-34-15-7-6-14-33(28-34)41(36-16-8-9-17-37(36)42)31-22-20-30(21-23-31)29-12-4-3-5-13-29/h3-27H,2,28H2,1H3. The van der Waals surface area contributed by atoms with E-state index in [0.717, 1.165) is 35.4 Å². The minimum Gasteiger partial charge on any atom is -0.296 e. The van der Waals surface area contributed by atoms with Crippen LogP contribution in [0, 0.1) is 0 Å². The predicted molar refractivity (Wildman–Crippen MR) is 183 cm³/mol. The number of hydrogen-bond donors (Lipinski definition) is 0. The molecule has 210 valence electrons. The molecule has 2 bridgehead atoms. The van der Waals surface area contributed by atoms with Gasteiger partial charge in [0.25, 0.3) is 0 Å². The maximum atomic E-state index is 4.91. The number of benzene rings is 5. The molecule has 0 atom stereocenters. The number of rotatable bonds is 5. The molecule has 0 fully saturated rings. The van der Waals surface area contributed by atoms with E-state index in [1.807, 2.05) is 0 Å². The van der Waals surface area contributed by atoms with Crippen LogP contribution >= 0.6 is 0 Å². The Hall–Kier alpha value is -5.47. The molecule has 0 saturated carbocycles. The summed E-state index contributed by atoms with van der Waals surface area (Å²) in [4.78, 5) is 4.91. The van der Waals surface area contributed by atoms with Crippen LogP contribution in [0.15, 0.2) is 163 Å². The fraction of sp³-hybridized carbons (Fsp3) is 0.0714. The highest BCUT2D eigenvalue weighted by Gasteiger charge is 2.21. The third kappa shape index (κ3) is 4.47. The van der Waals surface area contributed by atoms with E-state index >= 15 is 0 Å². The van der Waals surface area contributed by atoms with Crippen LogP contribution < -0.4 is 10.4 Å². The van der Waals surface area contributed by atoms with E-state index in [9.17, 15) is 0 Å². The number of nitrogens with zero attached hydrogens (tertiary/aromatic N) is 2. The second kappa shape index (κ2) is 11.0. The molecular weight excluding hydrogens is 532 g/mol. The van der Waals surface area contributed by atoms with Crippen LogP contribution in [0.25, 0.3) is 39.0 Å². The fourth-order valence-corrected chi connectivity index (χ4v) is 6.80. The number of allylic oxidation sites excluding steroid dienone is 6. The summed E-state index contributed by atoms with van der Waals surface area (Å²) in [5.41, 5.74) is 13.5. The molecule has 5 aromatic carbocycles. The smallest absolute Gasteiger partial charge is 0.114 e. The highest BCUT2D eigenvalue weighted by molar-refractivity contribution is 5.89. The van der Waals surface area contributed by atoms with Gasteiger partial charge in [-0.2, -0.15) is 0 Å². The number of fused-ring (bicyclic) bond motifs is 4. The van der Waals surface area contributed by atoms with Gasteiger partial charge >= 0.3 is 0 Å². The molecule has 2 aliphatic carbocycles. The Morgan fingerprint density at radius 3 is 1.70 bits per heavy atom. The van der Waals surface area contributed by atoms with Crippen molar-refractivity contribution in [1.29, 1.82) is 0 Å². The molecule has 0 amide bonds. The molecule has 0 aliphatic heterocycles. The van der Waals surface area contributed by atoms with Crippen molar-refractivity contribution in [3.63, 3.8) is 0 Å². The van der Waals surface area contributed by atoms with Crippen LogP contribution in [0.1, 0.15) is 30.3 Å². The highest BCUT2D eigenvalue weighted by Crippen LogP contribution is 2.35. The van der Waals surface area contributed by atoms with Crippen molar-refractivity contribution < 1.29 is 0 Å². The first-order chi connectivity index (χ1) is 21.8. The maximum absolute atomic E-state index is 4.91. The van der Waals surface area contributed by atoms with Crippen molar-refractivity contribution in [1.82, 2.24) is 9.55 Å². The molecule has 2 heteroatoms. The molecule has 8 rings (SSSR count). The molecule has 0 spiro atoms. The van der Waals surface area contributed by atoms with Gasteiger partial charge in [0.1, 0.15) is 5.82 Å². The summed E-state index contributed by atoms with van der Waals surface area (Å²) >= 11 is 0. The van der Waals surface area contributed by atoms with Gasteiger partial charge in [-0.1, -0.05) is 134 Å². The second-order valence-electron chi connectivity index (χ2n) is 11.4. The highest BCUT2D eigenvalue weighted by atomic mass is 15.1. The summed E-state index contributed by atoms with van der Waals surface area (Å²) in [6, 6.07) is 46.1. The molecule has 0 saturated heterocycles. The van der Waals surface area contributed by atoms with E-state index in [1.165, 1.54) is 55.0 Å². The third-order valence-corrected chi connectivity index (χ3v) is 8.84. The molecule has 0 unspecified atom stereocenters. The Kier molecular flexibility index (Phi) is 6.53. The largest absolute Gasteiger partial charge is 0.296 e. The van der Waals surface area contributed by atoms with Gasteiger partial charge in [0.2, 0.25) is 0 Å². The van der Waals surface area contributed by atoms with E-state index in [-0.39, 0.29) is 0 Å². The van der Waals surface area contributed by atoms with E-state index in [4.69, 9.17) is 4.98 Å². The zero-order chi connectivity index (χ0) is 29.5. The topological polar surface area (TPSA) is 17.8 Å². The summed E-state index contributed by atoms with van der Waals surface area (Å²) in [6.07, 6.45) is 10.7. The lowest BCUT2D eigenvalue weighted by Crippen LogP contribution is -2.29. The molecule has 1 aromatic heterocycles. The lowest BCUT2D eigenvalue weighted by atomic mass is 9.90. The second-order valence-corrected chi connectivity index (χ2v) is 11.4. The average molecular weight is 565 g/mol. The molecular formula is C42H32N2. The van der Waals surface area contributed by atoms with E-state index in [2.05, 4.69) is 163 Å². The average Bonchev–Trinajstić information content (AvgIpc) is 3.21. The Labute approximate surface area is 258 Å². The molecule has 6 aromatic rings. The monoisotopic (exact) mass is 564 g/mol.